The molecule has 0 unspecified atom stereocenters. The first kappa shape index (κ1) is 20.4. The van der Waals surface area contributed by atoms with Crippen molar-refractivity contribution in [3.8, 4) is 11.9 Å². The quantitative estimate of drug-likeness (QED) is 0.553. The van der Waals surface area contributed by atoms with Gasteiger partial charge >= 0.3 is 0 Å². The van der Waals surface area contributed by atoms with E-state index < -0.39 is 17.2 Å². The van der Waals surface area contributed by atoms with Gasteiger partial charge in [-0.15, -0.1) is 11.3 Å². The Hall–Kier alpha value is -2.33. The number of nitriles is 1. The van der Waals surface area contributed by atoms with Crippen molar-refractivity contribution in [2.24, 2.45) is 0 Å². The molecule has 5 nitrogen and oxygen atoms in total. The highest BCUT2D eigenvalue weighted by Gasteiger charge is 2.28. The van der Waals surface area contributed by atoms with Crippen molar-refractivity contribution >= 4 is 50.4 Å². The molecule has 0 aliphatic carbocycles. The lowest BCUT2D eigenvalue weighted by Gasteiger charge is -2.15. The number of halogens is 2. The van der Waals surface area contributed by atoms with Gasteiger partial charge < -0.3 is 5.11 Å². The van der Waals surface area contributed by atoms with Crippen LogP contribution in [0.3, 0.4) is 0 Å². The molecule has 0 aliphatic rings. The minimum Gasteiger partial charge on any atom is -0.494 e. The Balaban J connectivity index is 2.28. The van der Waals surface area contributed by atoms with E-state index in [-0.39, 0.29) is 33.1 Å². The van der Waals surface area contributed by atoms with E-state index in [1.165, 1.54) is 6.92 Å². The van der Waals surface area contributed by atoms with E-state index in [1.54, 1.807) is 18.2 Å². The second-order valence-corrected chi connectivity index (χ2v) is 8.15. The summed E-state index contributed by atoms with van der Waals surface area (Å²) in [7, 11) is 0. The number of rotatable bonds is 5. The fourth-order valence-corrected chi connectivity index (χ4v) is 4.98. The van der Waals surface area contributed by atoms with Crippen LogP contribution in [0.1, 0.15) is 46.1 Å². The molecule has 0 saturated carbocycles. The van der Waals surface area contributed by atoms with Crippen LogP contribution < -0.4 is 5.56 Å². The van der Waals surface area contributed by atoms with Crippen molar-refractivity contribution in [1.29, 1.82) is 5.26 Å². The molecule has 0 amide bonds. The van der Waals surface area contributed by atoms with Gasteiger partial charge in [-0.3, -0.25) is 14.2 Å². The third-order valence-electron chi connectivity index (χ3n) is 4.57. The Morgan fingerprint density at radius 3 is 2.68 bits per heavy atom. The molecule has 0 atom stereocenters. The third-order valence-corrected chi connectivity index (χ3v) is 6.53. The lowest BCUT2D eigenvalue weighted by atomic mass is 10.0. The Labute approximate surface area is 175 Å². The molecular formula is C20H16Cl2N2O3S. The fourth-order valence-electron chi connectivity index (χ4n) is 3.08. The van der Waals surface area contributed by atoms with E-state index in [4.69, 9.17) is 23.2 Å². The predicted molar refractivity (Wildman–Crippen MR) is 112 cm³/mol. The van der Waals surface area contributed by atoms with Gasteiger partial charge in [0.2, 0.25) is 11.7 Å². The van der Waals surface area contributed by atoms with Gasteiger partial charge in [0, 0.05) is 16.6 Å². The Kier molecular flexibility index (Phi) is 5.80. The summed E-state index contributed by atoms with van der Waals surface area (Å²) >= 11 is 13.8. The predicted octanol–water partition coefficient (Wildman–Crippen LogP) is 5.29. The molecule has 28 heavy (non-hydrogen) atoms. The van der Waals surface area contributed by atoms with Crippen molar-refractivity contribution < 1.29 is 9.90 Å². The van der Waals surface area contributed by atoms with Gasteiger partial charge in [0.15, 0.2) is 0 Å². The summed E-state index contributed by atoms with van der Waals surface area (Å²) in [5.41, 5.74) is -0.709. The van der Waals surface area contributed by atoms with E-state index in [0.29, 0.717) is 16.8 Å². The third kappa shape index (κ3) is 3.20. The number of carbonyl (C=O) groups excluding carboxylic acids is 1. The van der Waals surface area contributed by atoms with Crippen LogP contribution in [0, 0.1) is 18.3 Å². The lowest BCUT2D eigenvalue weighted by molar-refractivity contribution is 0.103. The van der Waals surface area contributed by atoms with Crippen LogP contribution in [-0.4, -0.2) is 15.5 Å². The van der Waals surface area contributed by atoms with Crippen LogP contribution in [0.15, 0.2) is 23.0 Å². The van der Waals surface area contributed by atoms with Gasteiger partial charge in [-0.1, -0.05) is 42.6 Å². The summed E-state index contributed by atoms with van der Waals surface area (Å²) in [5, 5.41) is 21.3. The second-order valence-electron chi connectivity index (χ2n) is 6.31. The van der Waals surface area contributed by atoms with E-state index in [0.717, 1.165) is 27.0 Å². The summed E-state index contributed by atoms with van der Waals surface area (Å²) in [6, 6.07) is 7.09. The molecule has 2 heterocycles. The molecule has 3 rings (SSSR count). The average Bonchev–Trinajstić information content (AvgIpc) is 3.00. The first-order chi connectivity index (χ1) is 13.3. The summed E-state index contributed by atoms with van der Waals surface area (Å²) in [6.07, 6.45) is 1.40. The van der Waals surface area contributed by atoms with E-state index in [1.807, 2.05) is 13.0 Å². The van der Waals surface area contributed by atoms with Crippen molar-refractivity contribution in [2.45, 2.75) is 33.2 Å². The van der Waals surface area contributed by atoms with Crippen molar-refractivity contribution in [2.75, 3.05) is 0 Å². The summed E-state index contributed by atoms with van der Waals surface area (Å²) in [4.78, 5) is 26.0. The lowest BCUT2D eigenvalue weighted by Crippen LogP contribution is -2.26. The number of ketones is 1. The van der Waals surface area contributed by atoms with Crippen LogP contribution in [0.2, 0.25) is 10.0 Å². The maximum Gasteiger partial charge on any atom is 0.271 e. The zero-order valence-electron chi connectivity index (χ0n) is 15.2. The van der Waals surface area contributed by atoms with Crippen LogP contribution in [-0.2, 0) is 6.54 Å². The van der Waals surface area contributed by atoms with Crippen LogP contribution in [0.5, 0.6) is 5.88 Å². The highest BCUT2D eigenvalue weighted by molar-refractivity contribution is 7.22. The number of aromatic nitrogens is 1. The maximum absolute atomic E-state index is 13.3. The van der Waals surface area contributed by atoms with Gasteiger partial charge in [0.05, 0.1) is 20.5 Å². The number of aromatic hydroxyl groups is 1. The SMILES string of the molecule is CCCCn1c(O)c(C(=O)c2sc3cccc(Cl)c3c2Cl)c(C)c(C#N)c1=O. The fraction of sp³-hybridized carbons (Fsp3) is 0.250. The number of pyridine rings is 1. The van der Waals surface area contributed by atoms with Gasteiger partial charge in [-0.25, -0.2) is 0 Å². The summed E-state index contributed by atoms with van der Waals surface area (Å²) in [5.74, 6) is -0.987. The zero-order chi connectivity index (χ0) is 20.6. The van der Waals surface area contributed by atoms with E-state index in [2.05, 4.69) is 0 Å². The maximum atomic E-state index is 13.3. The Bertz CT molecular complexity index is 1210. The normalized spacial score (nSPS) is 11.0. The smallest absolute Gasteiger partial charge is 0.271 e. The van der Waals surface area contributed by atoms with Crippen molar-refractivity contribution in [3.63, 3.8) is 0 Å². The number of carbonyl (C=O) groups is 1. The molecule has 0 bridgehead atoms. The number of hydrogen-bond acceptors (Lipinski definition) is 5. The Morgan fingerprint density at radius 2 is 2.07 bits per heavy atom. The topological polar surface area (TPSA) is 83.1 Å². The number of benzene rings is 1. The molecule has 144 valence electrons. The minimum absolute atomic E-state index is 0.0863. The highest BCUT2D eigenvalue weighted by atomic mass is 35.5. The van der Waals surface area contributed by atoms with Crippen LogP contribution >= 0.6 is 34.5 Å². The summed E-state index contributed by atoms with van der Waals surface area (Å²) in [6.45, 7) is 3.63. The van der Waals surface area contributed by atoms with Crippen molar-refractivity contribution in [1.82, 2.24) is 4.57 Å². The van der Waals surface area contributed by atoms with E-state index >= 15 is 0 Å². The highest BCUT2D eigenvalue weighted by Crippen LogP contribution is 2.41. The van der Waals surface area contributed by atoms with Crippen LogP contribution in [0.4, 0.5) is 0 Å². The molecule has 0 fully saturated rings. The molecule has 0 radical (unpaired) electrons. The van der Waals surface area contributed by atoms with E-state index in [9.17, 15) is 20.0 Å². The zero-order valence-corrected chi connectivity index (χ0v) is 17.5. The molecule has 8 heteroatoms. The Morgan fingerprint density at radius 1 is 1.36 bits per heavy atom. The molecule has 0 spiro atoms. The molecule has 2 aromatic heterocycles. The minimum atomic E-state index is -0.604. The largest absolute Gasteiger partial charge is 0.494 e. The molecule has 3 aromatic rings. The number of thiophene rings is 1. The number of fused-ring (bicyclic) bond motifs is 1. The monoisotopic (exact) mass is 434 g/mol. The number of unbranched alkanes of at least 4 members (excludes halogenated alkanes) is 1. The first-order valence-corrected chi connectivity index (χ1v) is 10.2. The number of nitrogens with zero attached hydrogens (tertiary/aromatic N) is 2. The summed E-state index contributed by atoms with van der Waals surface area (Å²) < 4.78 is 1.81. The molecule has 1 N–H and O–H groups in total. The first-order valence-electron chi connectivity index (χ1n) is 8.61. The van der Waals surface area contributed by atoms with Crippen LogP contribution in [0.25, 0.3) is 10.1 Å². The standard InChI is InChI=1S/C20H16Cl2N2O3S/c1-3-4-8-24-19(26)11(9-23)10(2)14(20(24)27)17(25)18-16(22)15-12(21)6-5-7-13(15)28-18/h5-7,27H,3-4,8H2,1-2H3. The van der Waals surface area contributed by atoms with Gasteiger partial charge in [-0.05, 0) is 31.0 Å². The van der Waals surface area contributed by atoms with Crippen molar-refractivity contribution in [3.05, 3.63) is 60.2 Å². The van der Waals surface area contributed by atoms with Gasteiger partial charge in [-0.2, -0.15) is 5.26 Å². The molecular weight excluding hydrogens is 419 g/mol. The number of hydrogen-bond donors (Lipinski definition) is 1. The van der Waals surface area contributed by atoms with Gasteiger partial charge in [0.25, 0.3) is 5.56 Å². The molecule has 1 aromatic carbocycles. The van der Waals surface area contributed by atoms with Gasteiger partial charge in [0.1, 0.15) is 11.6 Å². The average molecular weight is 435 g/mol. The second kappa shape index (κ2) is 7.96. The molecule has 0 saturated heterocycles. The molecule has 0 aliphatic heterocycles.